The van der Waals surface area contributed by atoms with Crippen LogP contribution in [0.1, 0.15) is 64.5 Å². The van der Waals surface area contributed by atoms with Crippen molar-refractivity contribution in [3.8, 4) is 0 Å². The molecule has 6 nitrogen and oxygen atoms in total. The second-order valence-corrected chi connectivity index (χ2v) is 11.1. The van der Waals surface area contributed by atoms with E-state index in [0.717, 1.165) is 79.8 Å². The first kappa shape index (κ1) is 24.3. The Bertz CT molecular complexity index is 1170. The van der Waals surface area contributed by atoms with Crippen molar-refractivity contribution in [1.82, 2.24) is 25.0 Å². The average Bonchev–Trinajstić information content (AvgIpc) is 3.43. The number of benzene rings is 1. The van der Waals surface area contributed by atoms with Gasteiger partial charge in [0.2, 0.25) is 6.43 Å². The number of amides is 1. The van der Waals surface area contributed by atoms with Crippen molar-refractivity contribution in [2.45, 2.75) is 70.4 Å². The number of halogens is 2. The fourth-order valence-electron chi connectivity index (χ4n) is 5.42. The number of hydrogen-bond donors (Lipinski definition) is 1. The Kier molecular flexibility index (Phi) is 7.43. The lowest BCUT2D eigenvalue weighted by Crippen LogP contribution is -2.38. The molecule has 1 aliphatic carbocycles. The van der Waals surface area contributed by atoms with Gasteiger partial charge in [-0.05, 0) is 63.1 Å². The van der Waals surface area contributed by atoms with Crippen LogP contribution >= 0.6 is 11.3 Å². The van der Waals surface area contributed by atoms with Crippen LogP contribution < -0.4 is 5.32 Å². The highest BCUT2D eigenvalue weighted by Gasteiger charge is 2.26. The molecule has 1 fully saturated rings. The van der Waals surface area contributed by atoms with Gasteiger partial charge in [0.05, 0.1) is 21.8 Å². The van der Waals surface area contributed by atoms with Gasteiger partial charge in [-0.3, -0.25) is 14.4 Å². The van der Waals surface area contributed by atoms with Crippen molar-refractivity contribution in [1.29, 1.82) is 0 Å². The Balaban J connectivity index is 1.06. The second-order valence-electron chi connectivity index (χ2n) is 9.95. The number of fused-ring (bicyclic) bond motifs is 2. The summed E-state index contributed by atoms with van der Waals surface area (Å²) in [4.78, 5) is 21.3. The molecule has 0 unspecified atom stereocenters. The van der Waals surface area contributed by atoms with Gasteiger partial charge in [0.25, 0.3) is 5.91 Å². The fourth-order valence-corrected chi connectivity index (χ4v) is 6.50. The zero-order valence-corrected chi connectivity index (χ0v) is 21.0. The molecule has 3 heterocycles. The van der Waals surface area contributed by atoms with Crippen molar-refractivity contribution in [3.63, 3.8) is 0 Å². The molecule has 1 aliphatic heterocycles. The molecule has 188 valence electrons. The van der Waals surface area contributed by atoms with E-state index in [4.69, 9.17) is 0 Å². The molecule has 0 bridgehead atoms. The van der Waals surface area contributed by atoms with Gasteiger partial charge < -0.3 is 5.32 Å². The molecule has 1 amide bonds. The van der Waals surface area contributed by atoms with Crippen molar-refractivity contribution >= 4 is 28.1 Å². The molecule has 0 radical (unpaired) electrons. The number of rotatable bonds is 8. The molecule has 0 atom stereocenters. The summed E-state index contributed by atoms with van der Waals surface area (Å²) in [6, 6.07) is 5.92. The van der Waals surface area contributed by atoms with Crippen LogP contribution in [0.2, 0.25) is 0 Å². The monoisotopic (exact) mass is 501 g/mol. The Morgan fingerprint density at radius 2 is 2.09 bits per heavy atom. The summed E-state index contributed by atoms with van der Waals surface area (Å²) < 4.78 is 26.8. The first-order valence-electron chi connectivity index (χ1n) is 12.7. The van der Waals surface area contributed by atoms with E-state index in [9.17, 15) is 13.6 Å². The third-order valence-corrected chi connectivity index (χ3v) is 8.59. The molecule has 1 saturated carbocycles. The largest absolute Gasteiger partial charge is 0.349 e. The van der Waals surface area contributed by atoms with Crippen molar-refractivity contribution in [3.05, 3.63) is 45.5 Å². The van der Waals surface area contributed by atoms with E-state index in [1.807, 2.05) is 31.4 Å². The van der Waals surface area contributed by atoms with Gasteiger partial charge in [0, 0.05) is 55.5 Å². The summed E-state index contributed by atoms with van der Waals surface area (Å²) >= 11 is 1.62. The molecule has 2 aromatic heterocycles. The molecule has 1 aromatic carbocycles. The summed E-state index contributed by atoms with van der Waals surface area (Å²) in [6.07, 6.45) is 6.37. The number of hydrogen-bond acceptors (Lipinski definition) is 5. The van der Waals surface area contributed by atoms with Crippen LogP contribution in [-0.4, -0.2) is 51.1 Å². The van der Waals surface area contributed by atoms with E-state index in [1.165, 1.54) is 4.88 Å². The van der Waals surface area contributed by atoms with E-state index in [0.29, 0.717) is 17.9 Å². The number of nitrogens with zero attached hydrogens (tertiary/aromatic N) is 4. The van der Waals surface area contributed by atoms with E-state index >= 15 is 0 Å². The Labute approximate surface area is 208 Å². The fraction of sp³-hybridized carbons (Fsp3) is 0.577. The minimum atomic E-state index is -2.26. The van der Waals surface area contributed by atoms with Crippen LogP contribution in [0.3, 0.4) is 0 Å². The first-order chi connectivity index (χ1) is 16.9. The third kappa shape index (κ3) is 5.89. The van der Waals surface area contributed by atoms with Crippen LogP contribution in [-0.2, 0) is 26.4 Å². The maximum atomic E-state index is 12.9. The molecule has 2 aliphatic rings. The van der Waals surface area contributed by atoms with Crippen molar-refractivity contribution < 1.29 is 13.6 Å². The van der Waals surface area contributed by atoms with E-state index in [2.05, 4.69) is 20.3 Å². The Morgan fingerprint density at radius 3 is 2.89 bits per heavy atom. The lowest BCUT2D eigenvalue weighted by molar-refractivity contribution is 0.0921. The lowest BCUT2D eigenvalue weighted by atomic mass is 9.84. The highest BCUT2D eigenvalue weighted by atomic mass is 32.1. The maximum Gasteiger partial charge on any atom is 0.252 e. The predicted octanol–water partition coefficient (Wildman–Crippen LogP) is 4.96. The van der Waals surface area contributed by atoms with Crippen LogP contribution in [0.15, 0.2) is 24.4 Å². The summed E-state index contributed by atoms with van der Waals surface area (Å²) in [5.41, 5.74) is 2.64. The average molecular weight is 502 g/mol. The normalized spacial score (nSPS) is 20.9. The van der Waals surface area contributed by atoms with Crippen molar-refractivity contribution in [2.24, 2.45) is 13.0 Å². The number of aromatic nitrogens is 3. The summed E-state index contributed by atoms with van der Waals surface area (Å²) in [5.74, 6) is 0.677. The topological polar surface area (TPSA) is 63.1 Å². The van der Waals surface area contributed by atoms with Crippen LogP contribution in [0, 0.1) is 5.92 Å². The minimum Gasteiger partial charge on any atom is -0.349 e. The van der Waals surface area contributed by atoms with E-state index in [-0.39, 0.29) is 18.4 Å². The first-order valence-corrected chi connectivity index (χ1v) is 13.5. The summed E-state index contributed by atoms with van der Waals surface area (Å²) in [5, 5.41) is 9.41. The highest BCUT2D eigenvalue weighted by Crippen LogP contribution is 2.30. The standard InChI is InChI=1S/C26H33F2N5OS/c1-32-15-20-19(3-2-4-21(20)31-32)26(34)29-18-7-5-17(6-8-18)11-13-33-14-12-23-22(16-33)30-25(35-23)10-9-24(27)28/h2-4,15,17-18,24H,5-14,16H2,1H3,(H,29,34). The summed E-state index contributed by atoms with van der Waals surface area (Å²) in [7, 11) is 1.87. The van der Waals surface area contributed by atoms with Crippen LogP contribution in [0.25, 0.3) is 10.9 Å². The number of carbonyl (C=O) groups excluding carboxylic acids is 1. The molecule has 0 saturated heterocycles. The molecule has 35 heavy (non-hydrogen) atoms. The number of carbonyl (C=O) groups is 1. The molecular formula is C26H33F2N5OS. The second kappa shape index (κ2) is 10.7. The number of aryl methyl sites for hydroxylation is 2. The molecule has 0 spiro atoms. The third-order valence-electron chi connectivity index (χ3n) is 7.37. The Hall–Kier alpha value is -2.39. The maximum absolute atomic E-state index is 12.9. The van der Waals surface area contributed by atoms with Gasteiger partial charge in [-0.2, -0.15) is 5.10 Å². The summed E-state index contributed by atoms with van der Waals surface area (Å²) in [6.45, 7) is 2.91. The molecular weight excluding hydrogens is 468 g/mol. The molecule has 3 aromatic rings. The van der Waals surface area contributed by atoms with Gasteiger partial charge >= 0.3 is 0 Å². The van der Waals surface area contributed by atoms with Gasteiger partial charge in [0.15, 0.2) is 0 Å². The molecule has 1 N–H and O–H groups in total. The zero-order valence-electron chi connectivity index (χ0n) is 20.2. The van der Waals surface area contributed by atoms with Gasteiger partial charge in [-0.15, -0.1) is 11.3 Å². The SMILES string of the molecule is Cn1cc2c(C(=O)NC3CCC(CCN4CCc5sc(CCC(F)F)nc5C4)CC3)cccc2n1. The molecule has 5 rings (SSSR count). The lowest BCUT2D eigenvalue weighted by Gasteiger charge is -2.32. The van der Waals surface area contributed by atoms with Crippen molar-refractivity contribution in [2.75, 3.05) is 13.1 Å². The number of nitrogens with one attached hydrogen (secondary N) is 1. The molecule has 9 heteroatoms. The number of alkyl halides is 2. The highest BCUT2D eigenvalue weighted by molar-refractivity contribution is 7.11. The van der Waals surface area contributed by atoms with Crippen LogP contribution in [0.4, 0.5) is 8.78 Å². The van der Waals surface area contributed by atoms with Gasteiger partial charge in [-0.25, -0.2) is 13.8 Å². The quantitative estimate of drug-likeness (QED) is 0.474. The number of thiazole rings is 1. The van der Waals surface area contributed by atoms with Gasteiger partial charge in [-0.1, -0.05) is 6.07 Å². The predicted molar refractivity (Wildman–Crippen MR) is 134 cm³/mol. The minimum absolute atomic E-state index is 0.00708. The van der Waals surface area contributed by atoms with Gasteiger partial charge in [0.1, 0.15) is 0 Å². The zero-order chi connectivity index (χ0) is 24.4. The smallest absolute Gasteiger partial charge is 0.252 e. The van der Waals surface area contributed by atoms with E-state index in [1.54, 1.807) is 16.0 Å². The van der Waals surface area contributed by atoms with E-state index < -0.39 is 6.43 Å². The van der Waals surface area contributed by atoms with Crippen LogP contribution in [0.5, 0.6) is 0 Å². The Morgan fingerprint density at radius 1 is 1.26 bits per heavy atom.